The molecule has 0 aliphatic carbocycles. The van der Waals surface area contributed by atoms with E-state index in [-0.39, 0.29) is 36.4 Å². The number of nitrogens with zero attached hydrogens (tertiary/aromatic N) is 3. The van der Waals surface area contributed by atoms with Crippen LogP contribution in [-0.2, 0) is 11.2 Å². The van der Waals surface area contributed by atoms with E-state index >= 15 is 0 Å². The fourth-order valence-corrected chi connectivity index (χ4v) is 3.48. The Balaban J connectivity index is 0.00000420. The first kappa shape index (κ1) is 25.7. The quantitative estimate of drug-likeness (QED) is 0.302. The first-order valence-corrected chi connectivity index (χ1v) is 10.5. The predicted molar refractivity (Wildman–Crippen MR) is 132 cm³/mol. The lowest BCUT2D eigenvalue weighted by Crippen LogP contribution is -2.46. The van der Waals surface area contributed by atoms with E-state index in [0.717, 1.165) is 32.0 Å². The van der Waals surface area contributed by atoms with Gasteiger partial charge < -0.3 is 15.5 Å². The number of benzene rings is 1. The third-order valence-electron chi connectivity index (χ3n) is 5.02. The number of nitrogens with one attached hydrogen (secondary N) is 2. The lowest BCUT2D eigenvalue weighted by molar-refractivity contribution is -0.127. The van der Waals surface area contributed by atoms with E-state index in [1.54, 1.807) is 19.0 Å². The third-order valence-corrected chi connectivity index (χ3v) is 5.02. The molecule has 1 fully saturated rings. The topological polar surface area (TPSA) is 60.0 Å². The van der Waals surface area contributed by atoms with Crippen LogP contribution in [0.25, 0.3) is 0 Å². The zero-order chi connectivity index (χ0) is 20.4. The van der Waals surface area contributed by atoms with Gasteiger partial charge in [-0.15, -0.1) is 24.0 Å². The summed E-state index contributed by atoms with van der Waals surface area (Å²) < 4.78 is 0. The second-order valence-corrected chi connectivity index (χ2v) is 8.18. The molecule has 0 bridgehead atoms. The summed E-state index contributed by atoms with van der Waals surface area (Å²) >= 11 is 0. The van der Waals surface area contributed by atoms with Gasteiger partial charge in [0.25, 0.3) is 0 Å². The van der Waals surface area contributed by atoms with Gasteiger partial charge in [0.1, 0.15) is 6.54 Å². The van der Waals surface area contributed by atoms with E-state index in [9.17, 15) is 4.79 Å². The molecule has 1 saturated heterocycles. The maximum Gasteiger partial charge on any atom is 0.243 e. The maximum absolute atomic E-state index is 11.9. The van der Waals surface area contributed by atoms with Crippen LogP contribution < -0.4 is 10.6 Å². The number of hydrogen-bond donors (Lipinski definition) is 2. The molecule has 0 aromatic heterocycles. The zero-order valence-corrected chi connectivity index (χ0v) is 20.7. The molecule has 1 heterocycles. The number of carbonyl (C=O) groups excluding carboxylic acids is 1. The van der Waals surface area contributed by atoms with Crippen molar-refractivity contribution in [3.05, 3.63) is 35.9 Å². The second kappa shape index (κ2) is 13.8. The monoisotopic (exact) mass is 515 g/mol. The van der Waals surface area contributed by atoms with E-state index in [4.69, 9.17) is 0 Å². The summed E-state index contributed by atoms with van der Waals surface area (Å²) in [5.41, 5.74) is 1.29. The van der Waals surface area contributed by atoms with Crippen molar-refractivity contribution in [1.82, 2.24) is 20.4 Å². The van der Waals surface area contributed by atoms with Gasteiger partial charge in [-0.3, -0.25) is 9.69 Å². The Bertz CT molecular complexity index is 621. The first-order valence-electron chi connectivity index (χ1n) is 10.5. The molecule has 0 radical (unpaired) electrons. The summed E-state index contributed by atoms with van der Waals surface area (Å²) in [6.07, 6.45) is 3.39. The van der Waals surface area contributed by atoms with E-state index < -0.39 is 0 Å². The van der Waals surface area contributed by atoms with Crippen LogP contribution in [0.3, 0.4) is 0 Å². The molecule has 0 saturated carbocycles. The lowest BCUT2D eigenvalue weighted by Gasteiger charge is -2.27. The number of guanidine groups is 1. The second-order valence-electron chi connectivity index (χ2n) is 8.18. The summed E-state index contributed by atoms with van der Waals surface area (Å²) in [6.45, 7) is 8.67. The Morgan fingerprint density at radius 2 is 1.97 bits per heavy atom. The molecule has 1 aliphatic rings. The van der Waals surface area contributed by atoms with Crippen LogP contribution in [0.4, 0.5) is 0 Å². The molecule has 2 rings (SSSR count). The Labute approximate surface area is 193 Å². The highest BCUT2D eigenvalue weighted by Crippen LogP contribution is 2.17. The van der Waals surface area contributed by atoms with Crippen molar-refractivity contribution in [2.45, 2.75) is 39.2 Å². The first-order chi connectivity index (χ1) is 13.5. The minimum absolute atomic E-state index is 0. The van der Waals surface area contributed by atoms with Gasteiger partial charge in [0.05, 0.1) is 0 Å². The van der Waals surface area contributed by atoms with E-state index in [1.165, 1.54) is 24.9 Å². The highest BCUT2D eigenvalue weighted by atomic mass is 127. The molecule has 0 unspecified atom stereocenters. The summed E-state index contributed by atoms with van der Waals surface area (Å²) in [5.74, 6) is 1.41. The number of likely N-dealkylation sites (N-methyl/N-ethyl adjacent to an activating group) is 1. The zero-order valence-electron chi connectivity index (χ0n) is 18.4. The standard InChI is InChI=1S/C22H37N5O.HI/c1-18(2)17-27-14-8-11-20(27)15-24-22(25-16-21(28)26(3)4)23-13-12-19-9-6-5-7-10-19;/h5-7,9-10,18,20H,8,11-17H2,1-4H3,(H2,23,24,25);1H/t20-;/m1./s1. The number of halogens is 1. The van der Waals surface area contributed by atoms with Crippen molar-refractivity contribution in [1.29, 1.82) is 0 Å². The SMILES string of the molecule is CC(C)CN1CCC[C@@H]1CNC(=NCC(=O)N(C)C)NCCc1ccccc1.I. The Kier molecular flexibility index (Phi) is 12.2. The van der Waals surface area contributed by atoms with Crippen molar-refractivity contribution in [2.24, 2.45) is 10.9 Å². The molecule has 1 aromatic carbocycles. The molecule has 2 N–H and O–H groups in total. The molecule has 7 heteroatoms. The van der Waals surface area contributed by atoms with E-state index in [2.05, 4.69) is 58.6 Å². The number of rotatable bonds is 9. The van der Waals surface area contributed by atoms with Gasteiger partial charge in [-0.25, -0.2) is 4.99 Å². The van der Waals surface area contributed by atoms with Crippen LogP contribution in [0.15, 0.2) is 35.3 Å². The van der Waals surface area contributed by atoms with E-state index in [1.807, 2.05) is 6.07 Å². The highest BCUT2D eigenvalue weighted by molar-refractivity contribution is 14.0. The molecule has 1 amide bonds. The molecule has 164 valence electrons. The average molecular weight is 515 g/mol. The Morgan fingerprint density at radius 3 is 2.62 bits per heavy atom. The fraction of sp³-hybridized carbons (Fsp3) is 0.636. The number of likely N-dealkylation sites (tertiary alicyclic amines) is 1. The number of amides is 1. The van der Waals surface area contributed by atoms with Gasteiger partial charge in [-0.05, 0) is 37.3 Å². The predicted octanol–water partition coefficient (Wildman–Crippen LogP) is 2.59. The number of aliphatic imine (C=N–C) groups is 1. The van der Waals surface area contributed by atoms with Gasteiger partial charge in [-0.1, -0.05) is 44.2 Å². The van der Waals surface area contributed by atoms with Crippen LogP contribution in [0.5, 0.6) is 0 Å². The normalized spacial score (nSPS) is 17.1. The molecular formula is C22H38IN5O. The van der Waals surface area contributed by atoms with Crippen molar-refractivity contribution >= 4 is 35.8 Å². The molecule has 29 heavy (non-hydrogen) atoms. The Hall–Kier alpha value is -1.35. The number of carbonyl (C=O) groups is 1. The maximum atomic E-state index is 11.9. The smallest absolute Gasteiger partial charge is 0.243 e. The summed E-state index contributed by atoms with van der Waals surface area (Å²) in [5, 5.41) is 6.86. The van der Waals surface area contributed by atoms with Gasteiger partial charge >= 0.3 is 0 Å². The fourth-order valence-electron chi connectivity index (χ4n) is 3.48. The van der Waals surface area contributed by atoms with Gasteiger partial charge in [0.2, 0.25) is 5.91 Å². The van der Waals surface area contributed by atoms with Crippen molar-refractivity contribution in [3.63, 3.8) is 0 Å². The lowest BCUT2D eigenvalue weighted by atomic mass is 10.1. The Morgan fingerprint density at radius 1 is 1.24 bits per heavy atom. The number of hydrogen-bond acceptors (Lipinski definition) is 3. The van der Waals surface area contributed by atoms with Crippen molar-refractivity contribution < 1.29 is 4.79 Å². The summed E-state index contributed by atoms with van der Waals surface area (Å²) in [4.78, 5) is 20.6. The molecule has 1 atom stereocenters. The van der Waals surface area contributed by atoms with Crippen molar-refractivity contribution in [3.8, 4) is 0 Å². The van der Waals surface area contributed by atoms with Crippen molar-refractivity contribution in [2.75, 3.05) is 46.8 Å². The van der Waals surface area contributed by atoms with E-state index in [0.29, 0.717) is 12.0 Å². The minimum Gasteiger partial charge on any atom is -0.356 e. The molecular weight excluding hydrogens is 477 g/mol. The van der Waals surface area contributed by atoms with Gasteiger partial charge in [-0.2, -0.15) is 0 Å². The molecule has 6 nitrogen and oxygen atoms in total. The minimum atomic E-state index is 0. The average Bonchev–Trinajstić information content (AvgIpc) is 3.10. The highest BCUT2D eigenvalue weighted by Gasteiger charge is 2.24. The van der Waals surface area contributed by atoms with Gasteiger partial charge in [0, 0.05) is 39.8 Å². The van der Waals surface area contributed by atoms with Crippen LogP contribution in [0.2, 0.25) is 0 Å². The summed E-state index contributed by atoms with van der Waals surface area (Å²) in [6, 6.07) is 10.9. The molecule has 1 aliphatic heterocycles. The van der Waals surface area contributed by atoms with Crippen LogP contribution >= 0.6 is 24.0 Å². The molecule has 0 spiro atoms. The van der Waals surface area contributed by atoms with Gasteiger partial charge in [0.15, 0.2) is 5.96 Å². The molecule has 1 aromatic rings. The largest absolute Gasteiger partial charge is 0.356 e. The summed E-state index contributed by atoms with van der Waals surface area (Å²) in [7, 11) is 3.52. The van der Waals surface area contributed by atoms with Crippen LogP contribution in [0, 0.1) is 5.92 Å². The third kappa shape index (κ3) is 9.80. The van der Waals surface area contributed by atoms with Crippen LogP contribution in [-0.4, -0.2) is 74.5 Å². The van der Waals surface area contributed by atoms with Crippen LogP contribution in [0.1, 0.15) is 32.3 Å².